The number of para-hydroxylation sites is 1. The van der Waals surface area contributed by atoms with E-state index in [1.807, 2.05) is 55.5 Å². The second kappa shape index (κ2) is 8.41. The molecule has 0 saturated carbocycles. The number of benzene rings is 2. The molecule has 1 aliphatic heterocycles. The molecular formula is C24H20ClN3O3S. The molecule has 2 aromatic heterocycles. The van der Waals surface area contributed by atoms with Crippen LogP contribution in [-0.2, 0) is 0 Å². The fraction of sp³-hybridized carbons (Fsp3) is 0.208. The van der Waals surface area contributed by atoms with Crippen molar-refractivity contribution in [2.24, 2.45) is 0 Å². The van der Waals surface area contributed by atoms with E-state index in [2.05, 4.69) is 4.98 Å². The Hall–Kier alpha value is -3.16. The molecule has 1 fully saturated rings. The first-order valence-corrected chi connectivity index (χ1v) is 11.5. The second-order valence-corrected chi connectivity index (χ2v) is 9.11. The van der Waals surface area contributed by atoms with E-state index in [0.717, 1.165) is 16.0 Å². The van der Waals surface area contributed by atoms with Crippen LogP contribution in [0.4, 0.5) is 0 Å². The summed E-state index contributed by atoms with van der Waals surface area (Å²) in [6, 6.07) is 16.8. The molecule has 4 aromatic rings. The zero-order valence-corrected chi connectivity index (χ0v) is 18.9. The third-order valence-electron chi connectivity index (χ3n) is 5.57. The largest absolute Gasteiger partial charge is 0.451 e. The molecule has 0 radical (unpaired) electrons. The number of nitrogens with zero attached hydrogens (tertiary/aromatic N) is 3. The van der Waals surface area contributed by atoms with Gasteiger partial charge in [-0.2, -0.15) is 0 Å². The SMILES string of the molecule is Cc1nc(-c2ccc(Cl)cc2)sc1C(=O)N1CCN(C(=O)c2cc3ccccc3o2)CC1. The molecule has 2 amide bonds. The third-order valence-corrected chi connectivity index (χ3v) is 7.02. The summed E-state index contributed by atoms with van der Waals surface area (Å²) in [5.41, 5.74) is 2.34. The van der Waals surface area contributed by atoms with Gasteiger partial charge >= 0.3 is 0 Å². The number of piperazine rings is 1. The molecule has 0 aliphatic carbocycles. The van der Waals surface area contributed by atoms with Crippen molar-refractivity contribution < 1.29 is 14.0 Å². The summed E-state index contributed by atoms with van der Waals surface area (Å²) in [6.45, 7) is 3.72. The Morgan fingerprint density at radius 2 is 1.62 bits per heavy atom. The van der Waals surface area contributed by atoms with E-state index in [1.165, 1.54) is 11.3 Å². The minimum atomic E-state index is -0.146. The van der Waals surface area contributed by atoms with Crippen LogP contribution in [0.15, 0.2) is 59.0 Å². The van der Waals surface area contributed by atoms with Crippen LogP contribution in [-0.4, -0.2) is 52.8 Å². The van der Waals surface area contributed by atoms with E-state index in [-0.39, 0.29) is 11.8 Å². The van der Waals surface area contributed by atoms with Crippen molar-refractivity contribution in [2.75, 3.05) is 26.2 Å². The second-order valence-electron chi connectivity index (χ2n) is 7.67. The van der Waals surface area contributed by atoms with Crippen molar-refractivity contribution >= 4 is 45.7 Å². The summed E-state index contributed by atoms with van der Waals surface area (Å²) in [5.74, 6) is 0.139. The maximum atomic E-state index is 13.1. The molecule has 162 valence electrons. The van der Waals surface area contributed by atoms with Gasteiger partial charge in [-0.05, 0) is 31.2 Å². The number of aromatic nitrogens is 1. The number of halogens is 1. The van der Waals surface area contributed by atoms with Crippen molar-refractivity contribution in [3.05, 3.63) is 76.0 Å². The average molecular weight is 466 g/mol. The van der Waals surface area contributed by atoms with Crippen LogP contribution in [0.2, 0.25) is 5.02 Å². The van der Waals surface area contributed by atoms with Gasteiger partial charge in [-0.1, -0.05) is 41.9 Å². The van der Waals surface area contributed by atoms with Gasteiger partial charge in [0.25, 0.3) is 11.8 Å². The summed E-state index contributed by atoms with van der Waals surface area (Å²) in [4.78, 5) is 34.7. The summed E-state index contributed by atoms with van der Waals surface area (Å²) < 4.78 is 5.71. The van der Waals surface area contributed by atoms with Crippen molar-refractivity contribution in [1.82, 2.24) is 14.8 Å². The Balaban J connectivity index is 1.26. The van der Waals surface area contributed by atoms with Crippen LogP contribution in [0.25, 0.3) is 21.5 Å². The van der Waals surface area contributed by atoms with E-state index < -0.39 is 0 Å². The number of rotatable bonds is 3. The molecule has 0 bridgehead atoms. The van der Waals surface area contributed by atoms with E-state index in [1.54, 1.807) is 15.9 Å². The van der Waals surface area contributed by atoms with Gasteiger partial charge in [0.15, 0.2) is 5.76 Å². The maximum absolute atomic E-state index is 13.1. The molecule has 32 heavy (non-hydrogen) atoms. The summed E-state index contributed by atoms with van der Waals surface area (Å²) in [5, 5.41) is 2.36. The lowest BCUT2D eigenvalue weighted by atomic mass is 10.2. The van der Waals surface area contributed by atoms with Gasteiger partial charge in [0.2, 0.25) is 0 Å². The average Bonchev–Trinajstić information content (AvgIpc) is 3.42. The zero-order chi connectivity index (χ0) is 22.2. The minimum absolute atomic E-state index is 0.0453. The van der Waals surface area contributed by atoms with Crippen molar-refractivity contribution in [2.45, 2.75) is 6.92 Å². The molecule has 0 atom stereocenters. The number of amides is 2. The monoisotopic (exact) mass is 465 g/mol. The molecule has 0 spiro atoms. The Labute approximate surface area is 194 Å². The van der Waals surface area contributed by atoms with Crippen LogP contribution < -0.4 is 0 Å². The van der Waals surface area contributed by atoms with Crippen LogP contribution in [0.3, 0.4) is 0 Å². The molecule has 3 heterocycles. The lowest BCUT2D eigenvalue weighted by molar-refractivity contribution is 0.0521. The van der Waals surface area contributed by atoms with E-state index >= 15 is 0 Å². The quantitative estimate of drug-likeness (QED) is 0.421. The number of hydrogen-bond acceptors (Lipinski definition) is 5. The highest BCUT2D eigenvalue weighted by Gasteiger charge is 2.29. The topological polar surface area (TPSA) is 66.7 Å². The molecular weight excluding hydrogens is 446 g/mol. The number of carbonyl (C=O) groups is 2. The van der Waals surface area contributed by atoms with Crippen LogP contribution in [0, 0.1) is 6.92 Å². The van der Waals surface area contributed by atoms with Gasteiger partial charge in [0.05, 0.1) is 5.69 Å². The number of furan rings is 1. The molecule has 0 unspecified atom stereocenters. The van der Waals surface area contributed by atoms with Gasteiger partial charge in [-0.25, -0.2) is 4.98 Å². The third kappa shape index (κ3) is 3.89. The van der Waals surface area contributed by atoms with Gasteiger partial charge in [0.1, 0.15) is 15.5 Å². The lowest BCUT2D eigenvalue weighted by Crippen LogP contribution is -2.50. The predicted octanol–water partition coefficient (Wildman–Crippen LogP) is 5.12. The number of hydrogen-bond donors (Lipinski definition) is 0. The summed E-state index contributed by atoms with van der Waals surface area (Å²) in [7, 11) is 0. The minimum Gasteiger partial charge on any atom is -0.451 e. The number of carbonyl (C=O) groups excluding carboxylic acids is 2. The predicted molar refractivity (Wildman–Crippen MR) is 125 cm³/mol. The van der Waals surface area contributed by atoms with Crippen LogP contribution >= 0.6 is 22.9 Å². The molecule has 2 aromatic carbocycles. The van der Waals surface area contributed by atoms with Gasteiger partial charge in [-0.15, -0.1) is 11.3 Å². The number of aryl methyl sites for hydroxylation is 1. The maximum Gasteiger partial charge on any atom is 0.289 e. The molecule has 1 saturated heterocycles. The molecule has 8 heteroatoms. The van der Waals surface area contributed by atoms with Gasteiger partial charge < -0.3 is 14.2 Å². The molecule has 1 aliphatic rings. The fourth-order valence-electron chi connectivity index (χ4n) is 3.81. The normalized spacial score (nSPS) is 14.2. The van der Waals surface area contributed by atoms with Crippen LogP contribution in [0.5, 0.6) is 0 Å². The van der Waals surface area contributed by atoms with Crippen LogP contribution in [0.1, 0.15) is 25.9 Å². The Bertz CT molecular complexity index is 1270. The molecule has 5 rings (SSSR count). The Morgan fingerprint density at radius 3 is 2.31 bits per heavy atom. The Kier molecular flexibility index (Phi) is 5.45. The summed E-state index contributed by atoms with van der Waals surface area (Å²) >= 11 is 7.36. The number of thiazole rings is 1. The first-order chi connectivity index (χ1) is 15.5. The summed E-state index contributed by atoms with van der Waals surface area (Å²) in [6.07, 6.45) is 0. The zero-order valence-electron chi connectivity index (χ0n) is 17.4. The highest BCUT2D eigenvalue weighted by Crippen LogP contribution is 2.30. The first-order valence-electron chi connectivity index (χ1n) is 10.3. The Morgan fingerprint density at radius 1 is 0.969 bits per heavy atom. The van der Waals surface area contributed by atoms with E-state index in [0.29, 0.717) is 53.1 Å². The van der Waals surface area contributed by atoms with E-state index in [9.17, 15) is 9.59 Å². The standard InChI is InChI=1S/C24H20ClN3O3S/c1-15-21(32-22(26-15)16-6-8-18(25)9-7-16)24(30)28-12-10-27(11-13-28)23(29)20-14-17-4-2-3-5-19(17)31-20/h2-9,14H,10-13H2,1H3. The molecule has 6 nitrogen and oxygen atoms in total. The molecule has 0 N–H and O–H groups in total. The van der Waals surface area contributed by atoms with Gasteiger partial charge in [-0.3, -0.25) is 9.59 Å². The highest BCUT2D eigenvalue weighted by molar-refractivity contribution is 7.17. The highest BCUT2D eigenvalue weighted by atomic mass is 35.5. The smallest absolute Gasteiger partial charge is 0.289 e. The van der Waals surface area contributed by atoms with E-state index in [4.69, 9.17) is 16.0 Å². The van der Waals surface area contributed by atoms with Crippen molar-refractivity contribution in [3.63, 3.8) is 0 Å². The lowest BCUT2D eigenvalue weighted by Gasteiger charge is -2.34. The first kappa shape index (κ1) is 20.7. The van der Waals surface area contributed by atoms with Crippen molar-refractivity contribution in [1.29, 1.82) is 0 Å². The van der Waals surface area contributed by atoms with Crippen molar-refractivity contribution in [3.8, 4) is 10.6 Å². The fourth-order valence-corrected chi connectivity index (χ4v) is 4.98. The van der Waals surface area contributed by atoms with Gasteiger partial charge in [0, 0.05) is 42.2 Å². The number of fused-ring (bicyclic) bond motifs is 1.